The molecule has 2 aliphatic rings. The lowest BCUT2D eigenvalue weighted by atomic mass is 9.81. The van der Waals surface area contributed by atoms with Gasteiger partial charge in [0.05, 0.1) is 4.90 Å². The van der Waals surface area contributed by atoms with E-state index in [9.17, 15) is 27.5 Å². The minimum atomic E-state index is -3.76. The first kappa shape index (κ1) is 26.4. The Labute approximate surface area is 201 Å². The Morgan fingerprint density at radius 1 is 1.21 bits per heavy atom. The van der Waals surface area contributed by atoms with Gasteiger partial charge in [-0.1, -0.05) is 27.7 Å². The van der Waals surface area contributed by atoms with Crippen molar-refractivity contribution >= 4 is 22.0 Å². The van der Waals surface area contributed by atoms with Crippen molar-refractivity contribution < 1.29 is 27.5 Å². The highest BCUT2D eigenvalue weighted by Gasteiger charge is 2.47. The molecule has 190 valence electrons. The molecule has 3 rings (SSSR count). The lowest BCUT2D eigenvalue weighted by Gasteiger charge is -2.34. The largest absolute Gasteiger partial charge is 0.465 e. The SMILES string of the molecule is CC(CC(C)(C)C)[C@@H](C(=O)N[C@H]1CC[C@@H]2CN(S(=O)(=O)c3ccc(F)cc3)C[C@@H]21)N(C)C(=O)O. The monoisotopic (exact) mass is 497 g/mol. The molecule has 1 unspecified atom stereocenters. The van der Waals surface area contributed by atoms with E-state index >= 15 is 0 Å². The first-order chi connectivity index (χ1) is 15.7. The normalized spacial score (nSPS) is 24.9. The molecule has 8 nitrogen and oxygen atoms in total. The highest BCUT2D eigenvalue weighted by molar-refractivity contribution is 7.89. The van der Waals surface area contributed by atoms with Crippen molar-refractivity contribution in [3.8, 4) is 0 Å². The van der Waals surface area contributed by atoms with E-state index in [0.29, 0.717) is 13.0 Å². The van der Waals surface area contributed by atoms with Gasteiger partial charge in [0.2, 0.25) is 15.9 Å². The molecule has 10 heteroatoms. The molecular formula is C24H36FN3O5S. The minimum absolute atomic E-state index is 0.0483. The van der Waals surface area contributed by atoms with E-state index in [0.717, 1.165) is 29.9 Å². The summed E-state index contributed by atoms with van der Waals surface area (Å²) in [5.41, 5.74) is -0.0730. The number of rotatable bonds is 7. The van der Waals surface area contributed by atoms with E-state index < -0.39 is 28.0 Å². The highest BCUT2D eigenvalue weighted by atomic mass is 32.2. The quantitative estimate of drug-likeness (QED) is 0.601. The number of sulfonamides is 1. The van der Waals surface area contributed by atoms with Crippen LogP contribution in [0.1, 0.15) is 47.0 Å². The second-order valence-electron chi connectivity index (χ2n) is 11.0. The first-order valence-electron chi connectivity index (χ1n) is 11.7. The molecule has 1 heterocycles. The molecule has 1 aliphatic carbocycles. The lowest BCUT2D eigenvalue weighted by molar-refractivity contribution is -0.128. The predicted molar refractivity (Wildman–Crippen MR) is 126 cm³/mol. The van der Waals surface area contributed by atoms with E-state index in [4.69, 9.17) is 0 Å². The predicted octanol–water partition coefficient (Wildman–Crippen LogP) is 3.39. The summed E-state index contributed by atoms with van der Waals surface area (Å²) in [5, 5.41) is 12.6. The number of fused-ring (bicyclic) bond motifs is 1. The fourth-order valence-corrected chi connectivity index (χ4v) is 7.17. The van der Waals surface area contributed by atoms with Gasteiger partial charge in [0.15, 0.2) is 0 Å². The maximum atomic E-state index is 13.3. The topological polar surface area (TPSA) is 107 Å². The van der Waals surface area contributed by atoms with Gasteiger partial charge in [0, 0.05) is 26.2 Å². The molecule has 1 aromatic rings. The summed E-state index contributed by atoms with van der Waals surface area (Å²) in [4.78, 5) is 26.1. The second kappa shape index (κ2) is 9.81. The zero-order chi connectivity index (χ0) is 25.4. The molecule has 1 aromatic carbocycles. The standard InChI is InChI=1S/C24H36FN3O5S/c1-15(12-24(2,3)4)21(27(5)23(30)31)22(29)26-20-11-6-16-13-28(14-19(16)20)34(32,33)18-9-7-17(25)8-10-18/h7-10,15-16,19-21H,6,11-14H2,1-5H3,(H,26,29)(H,30,31)/t15?,16-,19+,20+,21+/m1/s1. The summed E-state index contributed by atoms with van der Waals surface area (Å²) < 4.78 is 40.7. The number of carboxylic acid groups (broad SMARTS) is 1. The van der Waals surface area contributed by atoms with E-state index in [2.05, 4.69) is 26.1 Å². The van der Waals surface area contributed by atoms with Gasteiger partial charge in [-0.2, -0.15) is 4.31 Å². The van der Waals surface area contributed by atoms with Crippen LogP contribution in [0.2, 0.25) is 0 Å². The third-order valence-electron chi connectivity index (χ3n) is 7.06. The number of nitrogens with zero attached hydrogens (tertiary/aromatic N) is 2. The van der Waals surface area contributed by atoms with E-state index in [-0.39, 0.29) is 46.6 Å². The Balaban J connectivity index is 1.72. The lowest BCUT2D eigenvalue weighted by Crippen LogP contribution is -2.54. The molecule has 2 N–H and O–H groups in total. The number of carbonyl (C=O) groups excluding carboxylic acids is 1. The van der Waals surface area contributed by atoms with Crippen LogP contribution in [-0.4, -0.2) is 67.0 Å². The molecule has 2 fully saturated rings. The number of hydrogen-bond acceptors (Lipinski definition) is 4. The minimum Gasteiger partial charge on any atom is -0.465 e. The van der Waals surface area contributed by atoms with Gasteiger partial charge >= 0.3 is 6.09 Å². The van der Waals surface area contributed by atoms with Crippen molar-refractivity contribution in [2.24, 2.45) is 23.2 Å². The van der Waals surface area contributed by atoms with E-state index in [1.807, 2.05) is 6.92 Å². The molecule has 0 spiro atoms. The average Bonchev–Trinajstić information content (AvgIpc) is 3.29. The van der Waals surface area contributed by atoms with Crippen LogP contribution in [0, 0.1) is 29.0 Å². The van der Waals surface area contributed by atoms with Crippen LogP contribution < -0.4 is 5.32 Å². The Morgan fingerprint density at radius 3 is 2.38 bits per heavy atom. The smallest absolute Gasteiger partial charge is 0.407 e. The Morgan fingerprint density at radius 2 is 1.82 bits per heavy atom. The zero-order valence-corrected chi connectivity index (χ0v) is 21.3. The summed E-state index contributed by atoms with van der Waals surface area (Å²) in [7, 11) is -2.34. The van der Waals surface area contributed by atoms with Crippen LogP contribution in [0.3, 0.4) is 0 Å². The number of carbonyl (C=O) groups is 2. The van der Waals surface area contributed by atoms with Crippen molar-refractivity contribution in [3.63, 3.8) is 0 Å². The Bertz CT molecular complexity index is 1010. The summed E-state index contributed by atoms with van der Waals surface area (Å²) >= 11 is 0. The summed E-state index contributed by atoms with van der Waals surface area (Å²) in [6.45, 7) is 8.67. The van der Waals surface area contributed by atoms with Gasteiger partial charge in [-0.25, -0.2) is 17.6 Å². The van der Waals surface area contributed by atoms with Crippen LogP contribution in [-0.2, 0) is 14.8 Å². The van der Waals surface area contributed by atoms with E-state index in [1.54, 1.807) is 0 Å². The molecular weight excluding hydrogens is 461 g/mol. The first-order valence-corrected chi connectivity index (χ1v) is 13.2. The van der Waals surface area contributed by atoms with Crippen molar-refractivity contribution in [2.45, 2.75) is 63.9 Å². The van der Waals surface area contributed by atoms with Crippen LogP contribution >= 0.6 is 0 Å². The van der Waals surface area contributed by atoms with Crippen LogP contribution in [0.15, 0.2) is 29.2 Å². The summed E-state index contributed by atoms with van der Waals surface area (Å²) in [6.07, 6.45) is 1.01. The van der Waals surface area contributed by atoms with Gasteiger partial charge < -0.3 is 10.4 Å². The number of hydrogen-bond donors (Lipinski definition) is 2. The van der Waals surface area contributed by atoms with Crippen LogP contribution in [0.4, 0.5) is 9.18 Å². The van der Waals surface area contributed by atoms with Gasteiger partial charge in [0.1, 0.15) is 11.9 Å². The Hall–Kier alpha value is -2.20. The van der Waals surface area contributed by atoms with Crippen LogP contribution in [0.25, 0.3) is 0 Å². The second-order valence-corrected chi connectivity index (χ2v) is 12.9. The molecule has 34 heavy (non-hydrogen) atoms. The zero-order valence-electron chi connectivity index (χ0n) is 20.5. The van der Waals surface area contributed by atoms with Gasteiger partial charge in [-0.15, -0.1) is 0 Å². The summed E-state index contributed by atoms with van der Waals surface area (Å²) in [5.74, 6) is -0.970. The fraction of sp³-hybridized carbons (Fsp3) is 0.667. The van der Waals surface area contributed by atoms with Crippen molar-refractivity contribution in [1.29, 1.82) is 0 Å². The molecule has 0 bridgehead atoms. The van der Waals surface area contributed by atoms with Gasteiger partial charge in [-0.3, -0.25) is 9.69 Å². The molecule has 0 aromatic heterocycles. The molecule has 1 saturated carbocycles. The third-order valence-corrected chi connectivity index (χ3v) is 8.91. The molecule has 1 aliphatic heterocycles. The van der Waals surface area contributed by atoms with Crippen molar-refractivity contribution in [2.75, 3.05) is 20.1 Å². The maximum absolute atomic E-state index is 13.3. The molecule has 1 saturated heterocycles. The average molecular weight is 498 g/mol. The number of benzene rings is 1. The number of likely N-dealkylation sites (N-methyl/N-ethyl adjacent to an activating group) is 1. The van der Waals surface area contributed by atoms with Crippen molar-refractivity contribution in [1.82, 2.24) is 14.5 Å². The van der Waals surface area contributed by atoms with E-state index in [1.165, 1.54) is 23.5 Å². The van der Waals surface area contributed by atoms with Gasteiger partial charge in [0.25, 0.3) is 0 Å². The molecule has 5 atom stereocenters. The van der Waals surface area contributed by atoms with Gasteiger partial charge in [-0.05, 0) is 66.7 Å². The van der Waals surface area contributed by atoms with Crippen molar-refractivity contribution in [3.05, 3.63) is 30.1 Å². The Kier molecular flexibility index (Phi) is 7.62. The number of amides is 2. The maximum Gasteiger partial charge on any atom is 0.407 e. The molecule has 2 amide bonds. The fourth-order valence-electron chi connectivity index (χ4n) is 5.64. The molecule has 0 radical (unpaired) electrons. The van der Waals surface area contributed by atoms with Crippen LogP contribution in [0.5, 0.6) is 0 Å². The number of halogens is 1. The highest BCUT2D eigenvalue weighted by Crippen LogP contribution is 2.40. The third kappa shape index (κ3) is 5.71. The summed E-state index contributed by atoms with van der Waals surface area (Å²) in [6, 6.07) is 3.73. The number of nitrogens with one attached hydrogen (secondary N) is 1.